The fourth-order valence-corrected chi connectivity index (χ4v) is 2.41. The van der Waals surface area contributed by atoms with Gasteiger partial charge in [0.25, 0.3) is 0 Å². The molecular weight excluding hydrogens is 272 g/mol. The third-order valence-corrected chi connectivity index (χ3v) is 3.51. The van der Waals surface area contributed by atoms with Gasteiger partial charge in [-0.05, 0) is 65.6 Å². The van der Waals surface area contributed by atoms with E-state index < -0.39 is 11.6 Å². The molecular formula is C15H28N2O4. The quantitative estimate of drug-likeness (QED) is 0.785. The van der Waals surface area contributed by atoms with E-state index in [-0.39, 0.29) is 12.5 Å². The minimum absolute atomic E-state index is 0.236. The Morgan fingerprint density at radius 2 is 1.90 bits per heavy atom. The lowest BCUT2D eigenvalue weighted by Crippen LogP contribution is -2.40. The Morgan fingerprint density at radius 3 is 2.43 bits per heavy atom. The topological polar surface area (TPSA) is 78.9 Å². The van der Waals surface area contributed by atoms with E-state index in [1.165, 1.54) is 0 Å². The van der Waals surface area contributed by atoms with E-state index in [9.17, 15) is 9.59 Å². The van der Waals surface area contributed by atoms with Crippen LogP contribution in [0.1, 0.15) is 46.5 Å². The van der Waals surface area contributed by atoms with Gasteiger partial charge in [0.15, 0.2) is 0 Å². The van der Waals surface area contributed by atoms with Crippen molar-refractivity contribution in [3.63, 3.8) is 0 Å². The molecule has 1 aliphatic rings. The second kappa shape index (κ2) is 8.22. The molecule has 1 heterocycles. The maximum atomic E-state index is 11.6. The fraction of sp³-hybridized carbons (Fsp3) is 0.867. The number of hydrogen-bond donors (Lipinski definition) is 2. The zero-order valence-corrected chi connectivity index (χ0v) is 13.4. The highest BCUT2D eigenvalue weighted by molar-refractivity contribution is 5.67. The van der Waals surface area contributed by atoms with E-state index in [0.29, 0.717) is 18.9 Å². The van der Waals surface area contributed by atoms with Gasteiger partial charge in [-0.3, -0.25) is 4.79 Å². The minimum atomic E-state index is -0.730. The van der Waals surface area contributed by atoms with Gasteiger partial charge in [-0.1, -0.05) is 0 Å². The van der Waals surface area contributed by atoms with Gasteiger partial charge < -0.3 is 20.1 Å². The van der Waals surface area contributed by atoms with Crippen LogP contribution in [0.3, 0.4) is 0 Å². The van der Waals surface area contributed by atoms with Crippen molar-refractivity contribution in [1.82, 2.24) is 10.2 Å². The smallest absolute Gasteiger partial charge is 0.407 e. The molecule has 0 aromatic carbocycles. The molecule has 0 atom stereocenters. The molecule has 6 nitrogen and oxygen atoms in total. The number of carboxylic acid groups (broad SMARTS) is 1. The van der Waals surface area contributed by atoms with Crippen LogP contribution in [0.4, 0.5) is 4.79 Å². The molecule has 1 rings (SSSR count). The average molecular weight is 300 g/mol. The van der Waals surface area contributed by atoms with Crippen LogP contribution in [0.5, 0.6) is 0 Å². The summed E-state index contributed by atoms with van der Waals surface area (Å²) in [6, 6.07) is 0. The van der Waals surface area contributed by atoms with E-state index >= 15 is 0 Å². The molecule has 0 spiro atoms. The third-order valence-electron chi connectivity index (χ3n) is 3.51. The Morgan fingerprint density at radius 1 is 1.29 bits per heavy atom. The number of carbonyl (C=O) groups excluding carboxylic acids is 1. The Kier molecular flexibility index (Phi) is 6.95. The molecule has 122 valence electrons. The van der Waals surface area contributed by atoms with Crippen LogP contribution >= 0.6 is 0 Å². The van der Waals surface area contributed by atoms with Crippen molar-refractivity contribution in [2.45, 2.75) is 52.1 Å². The summed E-state index contributed by atoms with van der Waals surface area (Å²) in [5, 5.41) is 11.4. The van der Waals surface area contributed by atoms with Crippen molar-refractivity contribution >= 4 is 12.1 Å². The summed E-state index contributed by atoms with van der Waals surface area (Å²) >= 11 is 0. The summed E-state index contributed by atoms with van der Waals surface area (Å²) in [5.41, 5.74) is -0.461. The van der Waals surface area contributed by atoms with Crippen molar-refractivity contribution in [2.75, 3.05) is 26.2 Å². The van der Waals surface area contributed by atoms with E-state index in [0.717, 1.165) is 32.5 Å². The number of nitrogens with zero attached hydrogens (tertiary/aromatic N) is 1. The molecule has 1 fully saturated rings. The minimum Gasteiger partial charge on any atom is -0.481 e. The average Bonchev–Trinajstić information content (AvgIpc) is 2.35. The first-order valence-electron chi connectivity index (χ1n) is 7.67. The molecule has 1 saturated heterocycles. The van der Waals surface area contributed by atoms with Crippen LogP contribution in [0, 0.1) is 5.92 Å². The molecule has 0 aromatic heterocycles. The number of aliphatic carboxylic acids is 1. The Labute approximate surface area is 126 Å². The van der Waals surface area contributed by atoms with Crippen molar-refractivity contribution in [3.8, 4) is 0 Å². The van der Waals surface area contributed by atoms with Gasteiger partial charge in [-0.15, -0.1) is 0 Å². The largest absolute Gasteiger partial charge is 0.481 e. The number of likely N-dealkylation sites (tertiary alicyclic amines) is 1. The van der Waals surface area contributed by atoms with E-state index in [1.54, 1.807) is 0 Å². The van der Waals surface area contributed by atoms with E-state index in [1.807, 2.05) is 20.8 Å². The number of carbonyl (C=O) groups is 2. The predicted octanol–water partition coefficient (Wildman–Crippen LogP) is 2.09. The zero-order chi connectivity index (χ0) is 15.9. The maximum absolute atomic E-state index is 11.6. The summed E-state index contributed by atoms with van der Waals surface area (Å²) in [6.07, 6.45) is 2.65. The van der Waals surface area contributed by atoms with Gasteiger partial charge in [0, 0.05) is 13.0 Å². The number of carboxylic acids is 1. The lowest BCUT2D eigenvalue weighted by molar-refractivity contribution is -0.137. The normalized spacial score (nSPS) is 17.5. The van der Waals surface area contributed by atoms with Crippen molar-refractivity contribution < 1.29 is 19.4 Å². The molecule has 2 N–H and O–H groups in total. The number of nitrogens with one attached hydrogen (secondary N) is 1. The molecule has 0 bridgehead atoms. The van der Waals surface area contributed by atoms with Crippen LogP contribution in [-0.4, -0.2) is 53.8 Å². The van der Waals surface area contributed by atoms with Gasteiger partial charge in [0.1, 0.15) is 5.60 Å². The van der Waals surface area contributed by atoms with Crippen molar-refractivity contribution in [3.05, 3.63) is 0 Å². The summed E-state index contributed by atoms with van der Waals surface area (Å²) < 4.78 is 5.21. The number of rotatable bonds is 6. The second-order valence-electron chi connectivity index (χ2n) is 6.67. The molecule has 0 aromatic rings. The molecule has 1 amide bonds. The van der Waals surface area contributed by atoms with Gasteiger partial charge in [0.05, 0.1) is 0 Å². The van der Waals surface area contributed by atoms with Gasteiger partial charge in [-0.25, -0.2) is 4.79 Å². The monoisotopic (exact) mass is 300 g/mol. The number of alkyl carbamates (subject to hydrolysis) is 1. The molecule has 6 heteroatoms. The molecule has 0 unspecified atom stereocenters. The lowest BCUT2D eigenvalue weighted by atomic mass is 9.96. The van der Waals surface area contributed by atoms with Crippen molar-refractivity contribution in [1.29, 1.82) is 0 Å². The fourth-order valence-electron chi connectivity index (χ4n) is 2.41. The summed E-state index contributed by atoms with van der Waals surface area (Å²) in [5.74, 6) is -0.250. The number of amides is 1. The molecule has 0 saturated carbocycles. The first kappa shape index (κ1) is 17.8. The summed E-state index contributed by atoms with van der Waals surface area (Å²) in [6.45, 7) is 8.99. The predicted molar refractivity (Wildman–Crippen MR) is 80.3 cm³/mol. The Bertz CT molecular complexity index is 344. The van der Waals surface area contributed by atoms with Crippen LogP contribution < -0.4 is 5.32 Å². The summed E-state index contributed by atoms with van der Waals surface area (Å²) in [7, 11) is 0. The number of ether oxygens (including phenoxy) is 1. The van der Waals surface area contributed by atoms with Gasteiger partial charge >= 0.3 is 12.1 Å². The van der Waals surface area contributed by atoms with Crippen LogP contribution in [0.2, 0.25) is 0 Å². The highest BCUT2D eigenvalue weighted by Gasteiger charge is 2.21. The Balaban J connectivity index is 2.13. The standard InChI is InChI=1S/C15H28N2O4/c1-15(2,3)21-14(20)16-11-12-6-9-17(10-7-12)8-4-5-13(18)19/h12H,4-11H2,1-3H3,(H,16,20)(H,18,19). The SMILES string of the molecule is CC(C)(C)OC(=O)NCC1CCN(CCCC(=O)O)CC1. The van der Waals surface area contributed by atoms with Crippen LogP contribution in [0.25, 0.3) is 0 Å². The van der Waals surface area contributed by atoms with E-state index in [4.69, 9.17) is 9.84 Å². The molecule has 0 radical (unpaired) electrons. The highest BCUT2D eigenvalue weighted by Crippen LogP contribution is 2.17. The molecule has 0 aliphatic carbocycles. The third kappa shape index (κ3) is 8.55. The Hall–Kier alpha value is -1.30. The van der Waals surface area contributed by atoms with Crippen LogP contribution in [0.15, 0.2) is 0 Å². The first-order chi connectivity index (χ1) is 9.76. The van der Waals surface area contributed by atoms with Gasteiger partial charge in [0.2, 0.25) is 0 Å². The first-order valence-corrected chi connectivity index (χ1v) is 7.67. The lowest BCUT2D eigenvalue weighted by Gasteiger charge is -2.32. The highest BCUT2D eigenvalue weighted by atomic mass is 16.6. The van der Waals surface area contributed by atoms with E-state index in [2.05, 4.69) is 10.2 Å². The maximum Gasteiger partial charge on any atom is 0.407 e. The summed E-state index contributed by atoms with van der Waals surface area (Å²) in [4.78, 5) is 24.3. The number of hydrogen-bond acceptors (Lipinski definition) is 4. The number of piperidine rings is 1. The molecule has 21 heavy (non-hydrogen) atoms. The second-order valence-corrected chi connectivity index (χ2v) is 6.67. The zero-order valence-electron chi connectivity index (χ0n) is 13.4. The van der Waals surface area contributed by atoms with Crippen molar-refractivity contribution in [2.24, 2.45) is 5.92 Å². The van der Waals surface area contributed by atoms with Crippen LogP contribution in [-0.2, 0) is 9.53 Å². The molecule has 1 aliphatic heterocycles. The van der Waals surface area contributed by atoms with Gasteiger partial charge in [-0.2, -0.15) is 0 Å².